The monoisotopic (exact) mass is 312 g/mol. The Kier molecular flexibility index (Phi) is 5.36. The number of benzene rings is 1. The van der Waals surface area contributed by atoms with E-state index in [1.54, 1.807) is 6.07 Å². The van der Waals surface area contributed by atoms with Crippen LogP contribution in [0, 0.1) is 5.92 Å². The lowest BCUT2D eigenvalue weighted by Crippen LogP contribution is -2.37. The highest BCUT2D eigenvalue weighted by Gasteiger charge is 2.25. The molecular weight excluding hydrogens is 291 g/mol. The van der Waals surface area contributed by atoms with E-state index in [1.165, 1.54) is 0 Å². The molecule has 1 saturated heterocycles. The molecule has 0 aromatic heterocycles. The molecule has 20 heavy (non-hydrogen) atoms. The standard InChI is InChI=1S/C16H22Cl2N2/c1-11(2)10-20(14-6-7-19-9-14)12(3)15-5-4-13(17)8-16(15)18/h4-5,8,11,14,19H,3,6-7,9-10H2,1-2H3/t14-/m0/s1. The third-order valence-corrected chi connectivity index (χ3v) is 4.17. The van der Waals surface area contributed by atoms with Crippen LogP contribution < -0.4 is 5.32 Å². The Morgan fingerprint density at radius 3 is 2.75 bits per heavy atom. The predicted octanol–water partition coefficient (Wildman–Crippen LogP) is 4.28. The molecule has 1 N–H and O–H groups in total. The van der Waals surface area contributed by atoms with E-state index in [0.717, 1.165) is 37.3 Å². The van der Waals surface area contributed by atoms with Crippen LogP contribution in [0.5, 0.6) is 0 Å². The molecule has 4 heteroatoms. The molecular formula is C16H22Cl2N2. The van der Waals surface area contributed by atoms with Crippen molar-refractivity contribution in [2.75, 3.05) is 19.6 Å². The lowest BCUT2D eigenvalue weighted by atomic mass is 10.1. The highest BCUT2D eigenvalue weighted by atomic mass is 35.5. The van der Waals surface area contributed by atoms with Gasteiger partial charge in [0.1, 0.15) is 0 Å². The van der Waals surface area contributed by atoms with E-state index in [-0.39, 0.29) is 0 Å². The SMILES string of the molecule is C=C(c1ccc(Cl)cc1Cl)N(CC(C)C)[C@H]1CCNC1. The van der Waals surface area contributed by atoms with Gasteiger partial charge in [-0.15, -0.1) is 0 Å². The Hall–Kier alpha value is -0.700. The van der Waals surface area contributed by atoms with Gasteiger partial charge in [-0.3, -0.25) is 0 Å². The fourth-order valence-electron chi connectivity index (χ4n) is 2.66. The highest BCUT2D eigenvalue weighted by Crippen LogP contribution is 2.30. The summed E-state index contributed by atoms with van der Waals surface area (Å²) in [5.41, 5.74) is 1.97. The van der Waals surface area contributed by atoms with E-state index in [9.17, 15) is 0 Å². The average Bonchev–Trinajstić information content (AvgIpc) is 2.88. The van der Waals surface area contributed by atoms with Crippen LogP contribution in [0.4, 0.5) is 0 Å². The van der Waals surface area contributed by atoms with Crippen molar-refractivity contribution in [2.24, 2.45) is 5.92 Å². The van der Waals surface area contributed by atoms with Crippen LogP contribution >= 0.6 is 23.2 Å². The lowest BCUT2D eigenvalue weighted by Gasteiger charge is -2.34. The van der Waals surface area contributed by atoms with Gasteiger partial charge in [0.2, 0.25) is 0 Å². The second kappa shape index (κ2) is 6.84. The van der Waals surface area contributed by atoms with E-state index in [1.807, 2.05) is 12.1 Å². The number of nitrogens with one attached hydrogen (secondary N) is 1. The molecule has 1 aromatic carbocycles. The largest absolute Gasteiger partial charge is 0.367 e. The maximum absolute atomic E-state index is 6.32. The summed E-state index contributed by atoms with van der Waals surface area (Å²) in [6, 6.07) is 6.11. The van der Waals surface area contributed by atoms with Gasteiger partial charge in [-0.2, -0.15) is 0 Å². The molecule has 1 aromatic rings. The summed E-state index contributed by atoms with van der Waals surface area (Å²) in [6.45, 7) is 11.8. The zero-order valence-corrected chi connectivity index (χ0v) is 13.6. The van der Waals surface area contributed by atoms with Crippen LogP contribution in [0.25, 0.3) is 5.70 Å². The zero-order chi connectivity index (χ0) is 14.7. The molecule has 1 aliphatic heterocycles. The van der Waals surface area contributed by atoms with Gasteiger partial charge in [0.15, 0.2) is 0 Å². The molecule has 0 spiro atoms. The second-order valence-electron chi connectivity index (χ2n) is 5.76. The molecule has 1 heterocycles. The molecule has 1 aliphatic rings. The summed E-state index contributed by atoms with van der Waals surface area (Å²) >= 11 is 12.3. The average molecular weight is 313 g/mol. The molecule has 0 radical (unpaired) electrons. The van der Waals surface area contributed by atoms with Gasteiger partial charge in [-0.1, -0.05) is 43.6 Å². The quantitative estimate of drug-likeness (QED) is 0.872. The van der Waals surface area contributed by atoms with Crippen LogP contribution in [-0.4, -0.2) is 30.6 Å². The molecule has 0 aliphatic carbocycles. The van der Waals surface area contributed by atoms with Gasteiger partial charge < -0.3 is 10.2 Å². The summed E-state index contributed by atoms with van der Waals surface area (Å²) in [7, 11) is 0. The first-order valence-corrected chi connectivity index (χ1v) is 7.86. The fraction of sp³-hybridized carbons (Fsp3) is 0.500. The second-order valence-corrected chi connectivity index (χ2v) is 6.61. The highest BCUT2D eigenvalue weighted by molar-refractivity contribution is 6.35. The van der Waals surface area contributed by atoms with Crippen molar-refractivity contribution in [3.05, 3.63) is 40.4 Å². The summed E-state index contributed by atoms with van der Waals surface area (Å²) in [5.74, 6) is 0.582. The van der Waals surface area contributed by atoms with Gasteiger partial charge in [-0.05, 0) is 37.1 Å². The van der Waals surface area contributed by atoms with Crippen LogP contribution in [0.15, 0.2) is 24.8 Å². The van der Waals surface area contributed by atoms with Gasteiger partial charge >= 0.3 is 0 Å². The Balaban J connectivity index is 2.24. The van der Waals surface area contributed by atoms with E-state index < -0.39 is 0 Å². The van der Waals surface area contributed by atoms with Crippen molar-refractivity contribution >= 4 is 28.9 Å². The molecule has 1 fully saturated rings. The van der Waals surface area contributed by atoms with E-state index in [2.05, 4.69) is 30.6 Å². The van der Waals surface area contributed by atoms with E-state index in [4.69, 9.17) is 23.2 Å². The van der Waals surface area contributed by atoms with E-state index in [0.29, 0.717) is 22.0 Å². The number of nitrogens with zero attached hydrogens (tertiary/aromatic N) is 1. The lowest BCUT2D eigenvalue weighted by molar-refractivity contribution is 0.279. The Bertz CT molecular complexity index is 479. The topological polar surface area (TPSA) is 15.3 Å². The molecule has 0 unspecified atom stereocenters. The molecule has 2 rings (SSSR count). The first-order valence-electron chi connectivity index (χ1n) is 7.10. The molecule has 0 amide bonds. The van der Waals surface area contributed by atoms with Gasteiger partial charge in [-0.25, -0.2) is 0 Å². The number of hydrogen-bond donors (Lipinski definition) is 1. The van der Waals surface area contributed by atoms with Gasteiger partial charge in [0, 0.05) is 35.4 Å². The van der Waals surface area contributed by atoms with Crippen LogP contribution in [0.3, 0.4) is 0 Å². The van der Waals surface area contributed by atoms with Crippen molar-refractivity contribution in [3.63, 3.8) is 0 Å². The minimum absolute atomic E-state index is 0.497. The van der Waals surface area contributed by atoms with Crippen molar-refractivity contribution in [2.45, 2.75) is 26.3 Å². The number of halogens is 2. The third kappa shape index (κ3) is 3.69. The predicted molar refractivity (Wildman–Crippen MR) is 88.3 cm³/mol. The summed E-state index contributed by atoms with van der Waals surface area (Å²) in [4.78, 5) is 2.39. The van der Waals surface area contributed by atoms with Crippen molar-refractivity contribution in [3.8, 4) is 0 Å². The zero-order valence-electron chi connectivity index (χ0n) is 12.1. The Morgan fingerprint density at radius 1 is 1.45 bits per heavy atom. The van der Waals surface area contributed by atoms with Crippen molar-refractivity contribution in [1.82, 2.24) is 10.2 Å². The van der Waals surface area contributed by atoms with Crippen LogP contribution in [-0.2, 0) is 0 Å². The molecule has 1 atom stereocenters. The number of rotatable bonds is 5. The van der Waals surface area contributed by atoms with Crippen molar-refractivity contribution in [1.29, 1.82) is 0 Å². The van der Waals surface area contributed by atoms with E-state index >= 15 is 0 Å². The minimum atomic E-state index is 0.497. The van der Waals surface area contributed by atoms with Crippen LogP contribution in [0.2, 0.25) is 10.0 Å². The van der Waals surface area contributed by atoms with Gasteiger partial charge in [0.05, 0.1) is 5.02 Å². The number of hydrogen-bond acceptors (Lipinski definition) is 2. The third-order valence-electron chi connectivity index (χ3n) is 3.63. The first-order chi connectivity index (χ1) is 9.49. The fourth-order valence-corrected chi connectivity index (χ4v) is 3.17. The maximum atomic E-state index is 6.32. The van der Waals surface area contributed by atoms with Gasteiger partial charge in [0.25, 0.3) is 0 Å². The molecule has 2 nitrogen and oxygen atoms in total. The maximum Gasteiger partial charge on any atom is 0.0513 e. The normalized spacial score (nSPS) is 18.6. The smallest absolute Gasteiger partial charge is 0.0513 e. The molecule has 0 bridgehead atoms. The van der Waals surface area contributed by atoms with Crippen LogP contribution in [0.1, 0.15) is 25.8 Å². The summed E-state index contributed by atoms with van der Waals surface area (Å²) in [6.07, 6.45) is 1.15. The Morgan fingerprint density at radius 2 is 2.20 bits per heavy atom. The van der Waals surface area contributed by atoms with Crippen molar-refractivity contribution < 1.29 is 0 Å². The minimum Gasteiger partial charge on any atom is -0.367 e. The summed E-state index contributed by atoms with van der Waals surface area (Å²) in [5, 5.41) is 4.74. The Labute approximate surface area is 131 Å². The first kappa shape index (κ1) is 15.7. The summed E-state index contributed by atoms with van der Waals surface area (Å²) < 4.78 is 0. The molecule has 0 saturated carbocycles. The molecule has 110 valence electrons.